The van der Waals surface area contributed by atoms with Crippen LogP contribution in [0.15, 0.2) is 29.2 Å². The molecule has 1 atom stereocenters. The summed E-state index contributed by atoms with van der Waals surface area (Å²) in [5.74, 6) is -0.470. The lowest BCUT2D eigenvalue weighted by Gasteiger charge is -2.16. The molecule has 0 spiro atoms. The summed E-state index contributed by atoms with van der Waals surface area (Å²) in [5.41, 5.74) is 0. The highest BCUT2D eigenvalue weighted by atomic mass is 79.9. The van der Waals surface area contributed by atoms with Crippen LogP contribution in [0.3, 0.4) is 0 Å². The number of benzene rings is 1. The Morgan fingerprint density at radius 1 is 1.39 bits per heavy atom. The van der Waals surface area contributed by atoms with Crippen molar-refractivity contribution in [2.75, 3.05) is 19.0 Å². The molecule has 1 aromatic rings. The second-order valence-electron chi connectivity index (χ2n) is 3.71. The maximum atomic E-state index is 12.7. The van der Waals surface area contributed by atoms with E-state index < -0.39 is 15.8 Å². The molecule has 0 heterocycles. The first-order valence-electron chi connectivity index (χ1n) is 5.32. The number of nitrogens with one attached hydrogen (secondary N) is 1. The van der Waals surface area contributed by atoms with Crippen molar-refractivity contribution in [3.05, 3.63) is 30.1 Å². The van der Waals surface area contributed by atoms with Crippen molar-refractivity contribution in [1.29, 1.82) is 0 Å². The summed E-state index contributed by atoms with van der Waals surface area (Å²) in [6, 6.07) is 4.38. The third-order valence-electron chi connectivity index (χ3n) is 2.27. The van der Waals surface area contributed by atoms with E-state index in [0.29, 0.717) is 11.8 Å². The maximum Gasteiger partial charge on any atom is 0.240 e. The number of hydrogen-bond acceptors (Lipinski definition) is 3. The van der Waals surface area contributed by atoms with Crippen molar-refractivity contribution in [3.8, 4) is 0 Å². The number of hydrogen-bond donors (Lipinski definition) is 1. The lowest BCUT2D eigenvalue weighted by atomic mass is 10.3. The molecule has 102 valence electrons. The fraction of sp³-hybridized carbons (Fsp3) is 0.455. The third-order valence-corrected chi connectivity index (χ3v) is 4.27. The van der Waals surface area contributed by atoms with Crippen LogP contribution in [0, 0.1) is 5.82 Å². The first kappa shape index (κ1) is 15.6. The van der Waals surface area contributed by atoms with Gasteiger partial charge in [0.05, 0.1) is 11.5 Å². The monoisotopic (exact) mass is 339 g/mol. The Balaban J connectivity index is 2.82. The van der Waals surface area contributed by atoms with E-state index >= 15 is 0 Å². The number of sulfonamides is 1. The van der Waals surface area contributed by atoms with Crippen molar-refractivity contribution in [3.63, 3.8) is 0 Å². The van der Waals surface area contributed by atoms with Crippen LogP contribution < -0.4 is 4.72 Å². The quantitative estimate of drug-likeness (QED) is 0.772. The molecule has 4 nitrogen and oxygen atoms in total. The number of rotatable bonds is 7. The van der Waals surface area contributed by atoms with Crippen LogP contribution in [0.5, 0.6) is 0 Å². The van der Waals surface area contributed by atoms with E-state index in [1.165, 1.54) is 19.2 Å². The summed E-state index contributed by atoms with van der Waals surface area (Å²) >= 11 is 3.25. The summed E-state index contributed by atoms with van der Waals surface area (Å²) in [5, 5.41) is 0.660. The van der Waals surface area contributed by atoms with Crippen LogP contribution >= 0.6 is 15.9 Å². The van der Waals surface area contributed by atoms with Gasteiger partial charge in [0.2, 0.25) is 10.0 Å². The van der Waals surface area contributed by atoms with Crippen LogP contribution in [0.1, 0.15) is 6.42 Å². The standard InChI is InChI=1S/C11H15BrFNO3S/c1-17-8-10(6-7-12)14-18(15,16)11-4-2-9(13)3-5-11/h2-5,10,14H,6-8H2,1H3. The van der Waals surface area contributed by atoms with Gasteiger partial charge in [-0.1, -0.05) is 15.9 Å². The van der Waals surface area contributed by atoms with Gasteiger partial charge >= 0.3 is 0 Å². The van der Waals surface area contributed by atoms with E-state index in [9.17, 15) is 12.8 Å². The highest BCUT2D eigenvalue weighted by Gasteiger charge is 2.19. The zero-order valence-electron chi connectivity index (χ0n) is 9.90. The fourth-order valence-electron chi connectivity index (χ4n) is 1.41. The topological polar surface area (TPSA) is 55.4 Å². The molecule has 0 saturated heterocycles. The van der Waals surface area contributed by atoms with Gasteiger partial charge in [-0.05, 0) is 30.7 Å². The van der Waals surface area contributed by atoms with Crippen molar-refractivity contribution in [2.45, 2.75) is 17.4 Å². The zero-order chi connectivity index (χ0) is 13.6. The highest BCUT2D eigenvalue weighted by Crippen LogP contribution is 2.11. The van der Waals surface area contributed by atoms with E-state index in [0.717, 1.165) is 12.1 Å². The van der Waals surface area contributed by atoms with Gasteiger partial charge in [-0.3, -0.25) is 0 Å². The molecule has 0 radical (unpaired) electrons. The summed E-state index contributed by atoms with van der Waals surface area (Å²) in [6.45, 7) is 0.284. The van der Waals surface area contributed by atoms with E-state index in [2.05, 4.69) is 20.7 Å². The van der Waals surface area contributed by atoms with Gasteiger partial charge in [-0.15, -0.1) is 0 Å². The molecule has 0 aliphatic carbocycles. The molecular formula is C11H15BrFNO3S. The Labute approximate surface area is 115 Å². The number of halogens is 2. The molecule has 0 aliphatic heterocycles. The largest absolute Gasteiger partial charge is 0.383 e. The van der Waals surface area contributed by atoms with Gasteiger partial charge < -0.3 is 4.74 Å². The van der Waals surface area contributed by atoms with Gasteiger partial charge in [0.15, 0.2) is 0 Å². The van der Waals surface area contributed by atoms with Crippen molar-refractivity contribution in [2.24, 2.45) is 0 Å². The van der Waals surface area contributed by atoms with Crippen LogP contribution in [0.25, 0.3) is 0 Å². The molecule has 0 saturated carbocycles. The van der Waals surface area contributed by atoms with E-state index in [1.807, 2.05) is 0 Å². The smallest absolute Gasteiger partial charge is 0.240 e. The van der Waals surface area contributed by atoms with Crippen LogP contribution in [0.4, 0.5) is 4.39 Å². The molecule has 0 amide bonds. The average Bonchev–Trinajstić information content (AvgIpc) is 2.29. The lowest BCUT2D eigenvalue weighted by Crippen LogP contribution is -2.38. The SMILES string of the molecule is COCC(CCBr)NS(=O)(=O)c1ccc(F)cc1. The molecule has 0 fully saturated rings. The van der Waals surface area contributed by atoms with Gasteiger partial charge in [0, 0.05) is 18.5 Å². The molecular weight excluding hydrogens is 325 g/mol. The van der Waals surface area contributed by atoms with Gasteiger partial charge in [-0.2, -0.15) is 0 Å². The normalized spacial score (nSPS) is 13.5. The Morgan fingerprint density at radius 3 is 2.50 bits per heavy atom. The van der Waals surface area contributed by atoms with E-state index in [1.54, 1.807) is 0 Å². The van der Waals surface area contributed by atoms with E-state index in [-0.39, 0.29) is 17.5 Å². The molecule has 1 N–H and O–H groups in total. The minimum Gasteiger partial charge on any atom is -0.383 e. The molecule has 7 heteroatoms. The van der Waals surface area contributed by atoms with Crippen molar-refractivity contribution in [1.82, 2.24) is 4.72 Å². The molecule has 0 aromatic heterocycles. The third kappa shape index (κ3) is 4.64. The first-order chi connectivity index (χ1) is 8.49. The summed E-state index contributed by atoms with van der Waals surface area (Å²) in [4.78, 5) is 0.0413. The number of ether oxygens (including phenoxy) is 1. The minimum absolute atomic E-state index is 0.0413. The van der Waals surface area contributed by atoms with E-state index in [4.69, 9.17) is 4.74 Å². The summed E-state index contributed by atoms with van der Waals surface area (Å²) in [6.07, 6.45) is 0.605. The molecule has 1 aromatic carbocycles. The van der Waals surface area contributed by atoms with Crippen LogP contribution in [0.2, 0.25) is 0 Å². The zero-order valence-corrected chi connectivity index (χ0v) is 12.3. The van der Waals surface area contributed by atoms with Crippen LogP contribution in [-0.2, 0) is 14.8 Å². The average molecular weight is 340 g/mol. The maximum absolute atomic E-state index is 12.7. The Hall–Kier alpha value is -0.500. The van der Waals surface area contributed by atoms with Crippen molar-refractivity contribution < 1.29 is 17.5 Å². The van der Waals surface area contributed by atoms with Crippen LogP contribution in [-0.4, -0.2) is 33.5 Å². The van der Waals surface area contributed by atoms with Gasteiger partial charge in [-0.25, -0.2) is 17.5 Å². The summed E-state index contributed by atoms with van der Waals surface area (Å²) < 4.78 is 44.2. The highest BCUT2D eigenvalue weighted by molar-refractivity contribution is 9.09. The lowest BCUT2D eigenvalue weighted by molar-refractivity contribution is 0.173. The molecule has 1 rings (SSSR count). The van der Waals surface area contributed by atoms with Gasteiger partial charge in [0.1, 0.15) is 5.82 Å². The first-order valence-corrected chi connectivity index (χ1v) is 7.93. The number of alkyl halides is 1. The number of methoxy groups -OCH3 is 1. The molecule has 18 heavy (non-hydrogen) atoms. The predicted octanol–water partition coefficient (Wildman–Crippen LogP) is 1.90. The molecule has 1 unspecified atom stereocenters. The van der Waals surface area contributed by atoms with Crippen molar-refractivity contribution >= 4 is 26.0 Å². The Morgan fingerprint density at radius 2 is 2.00 bits per heavy atom. The Bertz CT molecular complexity index is 458. The minimum atomic E-state index is -3.64. The second kappa shape index (κ2) is 7.18. The molecule has 0 aliphatic rings. The summed E-state index contributed by atoms with van der Waals surface area (Å²) in [7, 11) is -2.13. The molecule has 0 bridgehead atoms. The van der Waals surface area contributed by atoms with Gasteiger partial charge in [0.25, 0.3) is 0 Å². The fourth-order valence-corrected chi connectivity index (χ4v) is 3.22. The second-order valence-corrected chi connectivity index (χ2v) is 6.21. The Kier molecular flexibility index (Phi) is 6.20. The predicted molar refractivity (Wildman–Crippen MR) is 70.8 cm³/mol.